The first-order valence-corrected chi connectivity index (χ1v) is 7.11. The van der Waals surface area contributed by atoms with E-state index in [0.717, 1.165) is 8.95 Å². The number of anilines is 1. The molecule has 0 unspecified atom stereocenters. The molecule has 94 valence electrons. The molecule has 1 aliphatic heterocycles. The van der Waals surface area contributed by atoms with Gasteiger partial charge in [0.2, 0.25) is 0 Å². The van der Waals surface area contributed by atoms with Gasteiger partial charge in [-0.25, -0.2) is 4.90 Å². The summed E-state index contributed by atoms with van der Waals surface area (Å²) in [6.45, 7) is 0. The Morgan fingerprint density at radius 3 is 1.74 bits per heavy atom. The number of halogens is 2. The quantitative estimate of drug-likeness (QED) is 0.701. The second-order valence-corrected chi connectivity index (χ2v) is 5.80. The molecule has 1 aliphatic rings. The van der Waals surface area contributed by atoms with Crippen molar-refractivity contribution in [3.8, 4) is 0 Å². The molecule has 0 radical (unpaired) electrons. The largest absolute Gasteiger partial charge is 0.268 e. The van der Waals surface area contributed by atoms with Crippen LogP contribution in [-0.4, -0.2) is 11.8 Å². The summed E-state index contributed by atoms with van der Waals surface area (Å²) in [5, 5.41) is 0. The lowest BCUT2D eigenvalue weighted by Gasteiger charge is -2.13. The van der Waals surface area contributed by atoms with Gasteiger partial charge >= 0.3 is 0 Å². The van der Waals surface area contributed by atoms with Crippen LogP contribution in [0.25, 0.3) is 0 Å². The van der Waals surface area contributed by atoms with E-state index < -0.39 is 0 Å². The molecule has 0 saturated heterocycles. The lowest BCUT2D eigenvalue weighted by Crippen LogP contribution is -2.29. The fourth-order valence-corrected chi connectivity index (χ4v) is 2.73. The summed E-state index contributed by atoms with van der Waals surface area (Å²) in [5.74, 6) is -0.584. The molecule has 0 spiro atoms. The van der Waals surface area contributed by atoms with E-state index in [1.165, 1.54) is 4.90 Å². The zero-order valence-corrected chi connectivity index (χ0v) is 12.7. The van der Waals surface area contributed by atoms with Crippen molar-refractivity contribution in [2.45, 2.75) is 0 Å². The molecule has 0 saturated carbocycles. The fraction of sp³-hybridized carbons (Fsp3) is 0. The number of amides is 2. The van der Waals surface area contributed by atoms with Gasteiger partial charge in [0.25, 0.3) is 11.8 Å². The minimum absolute atomic E-state index is 0.292. The molecule has 0 fully saturated rings. The second-order valence-electron chi connectivity index (χ2n) is 4.09. The molecule has 2 aromatic rings. The molecule has 0 bridgehead atoms. The van der Waals surface area contributed by atoms with Crippen molar-refractivity contribution in [1.82, 2.24) is 0 Å². The van der Waals surface area contributed by atoms with Crippen molar-refractivity contribution in [3.63, 3.8) is 0 Å². The molecule has 0 N–H and O–H groups in total. The van der Waals surface area contributed by atoms with E-state index in [1.54, 1.807) is 36.4 Å². The summed E-state index contributed by atoms with van der Waals surface area (Å²) in [5.41, 5.74) is 1.42. The van der Waals surface area contributed by atoms with Gasteiger partial charge in [0, 0.05) is 8.95 Å². The second kappa shape index (κ2) is 4.58. The van der Waals surface area contributed by atoms with Crippen molar-refractivity contribution in [1.29, 1.82) is 0 Å². The molecular weight excluding hydrogens is 374 g/mol. The lowest BCUT2D eigenvalue weighted by atomic mass is 10.1. The Bertz CT molecular complexity index is 657. The van der Waals surface area contributed by atoms with Crippen molar-refractivity contribution in [3.05, 3.63) is 62.5 Å². The molecule has 0 aliphatic carbocycles. The maximum absolute atomic E-state index is 12.3. The fourth-order valence-electron chi connectivity index (χ4n) is 2.05. The number of carbonyl (C=O) groups is 2. The third kappa shape index (κ3) is 1.93. The van der Waals surface area contributed by atoms with Gasteiger partial charge in [0.05, 0.1) is 16.8 Å². The first kappa shape index (κ1) is 12.6. The van der Waals surface area contributed by atoms with E-state index in [0.29, 0.717) is 16.8 Å². The molecule has 2 aromatic carbocycles. The Hall–Kier alpha value is -1.46. The van der Waals surface area contributed by atoms with Crippen LogP contribution in [0.3, 0.4) is 0 Å². The van der Waals surface area contributed by atoms with Crippen LogP contribution in [0, 0.1) is 0 Å². The van der Waals surface area contributed by atoms with Crippen molar-refractivity contribution in [2.75, 3.05) is 4.90 Å². The van der Waals surface area contributed by atoms with E-state index in [2.05, 4.69) is 31.9 Å². The van der Waals surface area contributed by atoms with E-state index in [4.69, 9.17) is 0 Å². The van der Waals surface area contributed by atoms with Crippen molar-refractivity contribution >= 4 is 49.4 Å². The van der Waals surface area contributed by atoms with E-state index in [-0.39, 0.29) is 11.8 Å². The van der Waals surface area contributed by atoms with Crippen LogP contribution in [0.4, 0.5) is 5.69 Å². The number of benzene rings is 2. The number of hydrogen-bond donors (Lipinski definition) is 0. The molecule has 3 nitrogen and oxygen atoms in total. The predicted molar refractivity (Wildman–Crippen MR) is 79.4 cm³/mol. The number of para-hydroxylation sites is 1. The molecule has 19 heavy (non-hydrogen) atoms. The summed E-state index contributed by atoms with van der Waals surface area (Å²) >= 11 is 6.69. The third-order valence-electron chi connectivity index (χ3n) is 2.94. The first-order chi connectivity index (χ1) is 9.09. The van der Waals surface area contributed by atoms with Crippen molar-refractivity contribution in [2.24, 2.45) is 0 Å². The third-order valence-corrected chi connectivity index (χ3v) is 4.79. The van der Waals surface area contributed by atoms with Gasteiger partial charge in [-0.15, -0.1) is 0 Å². The molecule has 0 aromatic heterocycles. The van der Waals surface area contributed by atoms with Crippen LogP contribution < -0.4 is 4.90 Å². The van der Waals surface area contributed by atoms with Gasteiger partial charge in [0.1, 0.15) is 0 Å². The average molecular weight is 381 g/mol. The molecule has 3 rings (SSSR count). The molecule has 2 amide bonds. The topological polar surface area (TPSA) is 37.4 Å². The average Bonchev–Trinajstić information content (AvgIpc) is 2.64. The lowest BCUT2D eigenvalue weighted by molar-refractivity contribution is 0.0926. The van der Waals surface area contributed by atoms with Gasteiger partial charge in [0.15, 0.2) is 0 Å². The number of carbonyl (C=O) groups excluding carboxylic acids is 2. The predicted octanol–water partition coefficient (Wildman–Crippen LogP) is 4.01. The van der Waals surface area contributed by atoms with Crippen LogP contribution in [0.1, 0.15) is 20.7 Å². The van der Waals surface area contributed by atoms with E-state index >= 15 is 0 Å². The maximum atomic E-state index is 12.3. The summed E-state index contributed by atoms with van der Waals surface area (Å²) in [7, 11) is 0. The minimum Gasteiger partial charge on any atom is -0.268 e. The number of imide groups is 1. The molecule has 1 heterocycles. The van der Waals surface area contributed by atoms with Crippen LogP contribution in [0.2, 0.25) is 0 Å². The highest BCUT2D eigenvalue weighted by Gasteiger charge is 2.37. The Morgan fingerprint density at radius 1 is 0.789 bits per heavy atom. The van der Waals surface area contributed by atoms with Gasteiger partial charge in [-0.2, -0.15) is 0 Å². The summed E-state index contributed by atoms with van der Waals surface area (Å²) in [4.78, 5) is 25.9. The maximum Gasteiger partial charge on any atom is 0.266 e. The summed E-state index contributed by atoms with van der Waals surface area (Å²) in [6, 6.07) is 12.3. The van der Waals surface area contributed by atoms with Gasteiger partial charge in [-0.05, 0) is 56.1 Å². The Morgan fingerprint density at radius 2 is 1.26 bits per heavy atom. The van der Waals surface area contributed by atoms with Crippen LogP contribution >= 0.6 is 31.9 Å². The Labute approximate surface area is 126 Å². The van der Waals surface area contributed by atoms with Gasteiger partial charge in [-0.3, -0.25) is 9.59 Å². The number of hydrogen-bond acceptors (Lipinski definition) is 2. The normalized spacial score (nSPS) is 13.9. The van der Waals surface area contributed by atoms with E-state index in [9.17, 15) is 9.59 Å². The summed E-state index contributed by atoms with van der Waals surface area (Å²) < 4.78 is 1.50. The molecular formula is C14H7Br2NO2. The number of fused-ring (bicyclic) bond motifs is 1. The summed E-state index contributed by atoms with van der Waals surface area (Å²) in [6.07, 6.45) is 0. The Kier molecular flexibility index (Phi) is 3.03. The minimum atomic E-state index is -0.292. The van der Waals surface area contributed by atoms with Crippen LogP contribution in [0.15, 0.2) is 51.4 Å². The highest BCUT2D eigenvalue weighted by atomic mass is 79.9. The van der Waals surface area contributed by atoms with E-state index in [1.807, 2.05) is 6.07 Å². The highest BCUT2D eigenvalue weighted by molar-refractivity contribution is 9.13. The number of rotatable bonds is 1. The molecule has 0 atom stereocenters. The van der Waals surface area contributed by atoms with Gasteiger partial charge in [-0.1, -0.05) is 18.2 Å². The zero-order valence-electron chi connectivity index (χ0n) is 9.56. The van der Waals surface area contributed by atoms with Crippen molar-refractivity contribution < 1.29 is 9.59 Å². The highest BCUT2D eigenvalue weighted by Crippen LogP contribution is 2.34. The van der Waals surface area contributed by atoms with Crippen LogP contribution in [-0.2, 0) is 0 Å². The first-order valence-electron chi connectivity index (χ1n) is 5.52. The van der Waals surface area contributed by atoms with Gasteiger partial charge < -0.3 is 0 Å². The SMILES string of the molecule is O=C1c2cc(Br)c(Br)cc2C(=O)N1c1ccccc1. The standard InChI is InChI=1S/C14H7Br2NO2/c15-11-6-9-10(7-12(11)16)14(19)17(13(9)18)8-4-2-1-3-5-8/h1-7H. The monoisotopic (exact) mass is 379 g/mol. The Balaban J connectivity index is 2.15. The molecule has 5 heteroatoms. The smallest absolute Gasteiger partial charge is 0.266 e. The number of nitrogens with zero attached hydrogens (tertiary/aromatic N) is 1. The zero-order chi connectivity index (χ0) is 13.6. The van der Waals surface area contributed by atoms with Crippen LogP contribution in [0.5, 0.6) is 0 Å².